The third-order valence-corrected chi connectivity index (χ3v) is 11.5. The summed E-state index contributed by atoms with van der Waals surface area (Å²) >= 11 is 0. The topological polar surface area (TPSA) is 51.8 Å². The summed E-state index contributed by atoms with van der Waals surface area (Å²) < 4.78 is 6.90. The van der Waals surface area contributed by atoms with Crippen LogP contribution in [0.2, 0.25) is 0 Å². The second-order valence-electron chi connectivity index (χ2n) is 14.7. The van der Waals surface area contributed by atoms with Crippen LogP contribution in [0, 0.1) is 0 Å². The van der Waals surface area contributed by atoms with E-state index in [2.05, 4.69) is 164 Å². The highest BCUT2D eigenvalue weighted by atomic mass is 16.3. The Morgan fingerprint density at radius 3 is 1.70 bits per heavy atom. The molecule has 57 heavy (non-hydrogen) atoms. The van der Waals surface area contributed by atoms with Gasteiger partial charge in [0.15, 0.2) is 0 Å². The summed E-state index contributed by atoms with van der Waals surface area (Å²) in [4.78, 5) is 15.7. The van der Waals surface area contributed by atoms with Crippen molar-refractivity contribution in [3.05, 3.63) is 188 Å². The molecule has 264 valence electrons. The van der Waals surface area contributed by atoms with Gasteiger partial charge in [-0.05, 0) is 46.7 Å². The second-order valence-corrected chi connectivity index (χ2v) is 14.7. The monoisotopic (exact) mass is 725 g/mol. The van der Waals surface area contributed by atoms with Crippen molar-refractivity contribution in [2.75, 3.05) is 0 Å². The van der Waals surface area contributed by atoms with E-state index in [9.17, 15) is 0 Å². The molecule has 0 aliphatic carbocycles. The van der Waals surface area contributed by atoms with Crippen LogP contribution >= 0.6 is 0 Å². The van der Waals surface area contributed by atoms with Gasteiger partial charge in [0.2, 0.25) is 0 Å². The van der Waals surface area contributed by atoms with E-state index in [-0.39, 0.29) is 0 Å². The molecule has 12 rings (SSSR count). The van der Waals surface area contributed by atoms with Crippen LogP contribution in [0.5, 0.6) is 0 Å². The second kappa shape index (κ2) is 12.4. The quantitative estimate of drug-likeness (QED) is 0.170. The fourth-order valence-corrected chi connectivity index (χ4v) is 8.80. The predicted octanol–water partition coefficient (Wildman–Crippen LogP) is 14.2. The van der Waals surface area contributed by atoms with Crippen LogP contribution in [0.1, 0.15) is 0 Å². The molecule has 0 radical (unpaired) electrons. The number of furan rings is 1. The molecular weight excluding hydrogens is 695 g/mol. The highest BCUT2D eigenvalue weighted by Gasteiger charge is 2.21. The molecule has 12 aromatic rings. The molecule has 0 amide bonds. The molecule has 4 heterocycles. The molecule has 0 N–H and O–H groups in total. The van der Waals surface area contributed by atoms with E-state index < -0.39 is 0 Å². The minimum Gasteiger partial charge on any atom is -0.455 e. The molecule has 4 heteroatoms. The van der Waals surface area contributed by atoms with Gasteiger partial charge in [-0.25, -0.2) is 15.0 Å². The van der Waals surface area contributed by atoms with E-state index >= 15 is 0 Å². The SMILES string of the molecule is c1ccc(-c2ccc3ccc4ccc(-c5ccc(-c6cccc7c6oc6ccc8c(-c9ccccc9)nc9ccccc9c8c67)c6ccccc56)nc4c3n2)cc1. The van der Waals surface area contributed by atoms with Gasteiger partial charge in [0.05, 0.1) is 33.6 Å². The first kappa shape index (κ1) is 31.6. The zero-order valence-electron chi connectivity index (χ0n) is 30.6. The van der Waals surface area contributed by atoms with E-state index in [1.165, 1.54) is 0 Å². The van der Waals surface area contributed by atoms with Gasteiger partial charge in [0, 0.05) is 60.0 Å². The van der Waals surface area contributed by atoms with Gasteiger partial charge in [-0.2, -0.15) is 0 Å². The Bertz CT molecular complexity index is 3570. The maximum atomic E-state index is 6.90. The largest absolute Gasteiger partial charge is 0.455 e. The summed E-state index contributed by atoms with van der Waals surface area (Å²) in [6.07, 6.45) is 0. The fraction of sp³-hybridized carbons (Fsp3) is 0. The van der Waals surface area contributed by atoms with E-state index in [1.54, 1.807) is 0 Å². The first-order chi connectivity index (χ1) is 28.3. The van der Waals surface area contributed by atoms with Crippen molar-refractivity contribution >= 4 is 76.2 Å². The lowest BCUT2D eigenvalue weighted by Crippen LogP contribution is -1.92. The molecule has 0 saturated carbocycles. The molecule has 4 aromatic heterocycles. The Hall–Kier alpha value is -7.69. The smallest absolute Gasteiger partial charge is 0.143 e. The summed E-state index contributed by atoms with van der Waals surface area (Å²) in [7, 11) is 0. The van der Waals surface area contributed by atoms with E-state index in [0.717, 1.165) is 121 Å². The number of benzene rings is 8. The highest BCUT2D eigenvalue weighted by Crippen LogP contribution is 2.45. The van der Waals surface area contributed by atoms with Gasteiger partial charge >= 0.3 is 0 Å². The van der Waals surface area contributed by atoms with Crippen LogP contribution < -0.4 is 0 Å². The Balaban J connectivity index is 1.06. The molecular formula is C53H31N3O. The molecule has 0 bridgehead atoms. The van der Waals surface area contributed by atoms with Gasteiger partial charge in [0.25, 0.3) is 0 Å². The lowest BCUT2D eigenvalue weighted by atomic mass is 9.92. The summed E-state index contributed by atoms with van der Waals surface area (Å²) in [6, 6.07) is 65.9. The van der Waals surface area contributed by atoms with E-state index in [1.807, 2.05) is 24.3 Å². The number of pyridine rings is 3. The molecule has 0 spiro atoms. The molecule has 0 unspecified atom stereocenters. The molecule has 0 aliphatic rings. The Morgan fingerprint density at radius 1 is 0.333 bits per heavy atom. The van der Waals surface area contributed by atoms with Gasteiger partial charge < -0.3 is 4.42 Å². The minimum absolute atomic E-state index is 0.859. The highest BCUT2D eigenvalue weighted by molar-refractivity contribution is 6.29. The van der Waals surface area contributed by atoms with Crippen molar-refractivity contribution in [2.45, 2.75) is 0 Å². The molecule has 0 saturated heterocycles. The molecule has 0 atom stereocenters. The number of rotatable bonds is 4. The maximum absolute atomic E-state index is 6.90. The van der Waals surface area contributed by atoms with Gasteiger partial charge in [-0.15, -0.1) is 0 Å². The van der Waals surface area contributed by atoms with Crippen molar-refractivity contribution < 1.29 is 4.42 Å². The van der Waals surface area contributed by atoms with Crippen LogP contribution in [0.3, 0.4) is 0 Å². The molecule has 4 nitrogen and oxygen atoms in total. The van der Waals surface area contributed by atoms with Gasteiger partial charge in [-0.3, -0.25) is 0 Å². The molecule has 0 fully saturated rings. The van der Waals surface area contributed by atoms with E-state index in [0.29, 0.717) is 0 Å². The zero-order chi connectivity index (χ0) is 37.5. The Labute approximate surface area is 327 Å². The van der Waals surface area contributed by atoms with Crippen LogP contribution in [0.15, 0.2) is 192 Å². The molecule has 0 aliphatic heterocycles. The number of hydrogen-bond donors (Lipinski definition) is 0. The van der Waals surface area contributed by atoms with Gasteiger partial charge in [-0.1, -0.05) is 158 Å². The van der Waals surface area contributed by atoms with Gasteiger partial charge in [0.1, 0.15) is 11.2 Å². The van der Waals surface area contributed by atoms with Crippen LogP contribution in [0.25, 0.3) is 121 Å². The minimum atomic E-state index is 0.859. The summed E-state index contributed by atoms with van der Waals surface area (Å²) in [5.74, 6) is 0. The number of fused-ring (bicyclic) bond motifs is 11. The average molecular weight is 726 g/mol. The standard InChI is InChI=1S/C53H31N3O/c1-3-12-32(13-4-1)44-29-24-34-22-23-35-25-30-46(56-52(35)51(34)54-44)39-27-26-38(36-16-7-8-17-37(36)39)40-19-11-20-43-49-47(57-53(40)43)31-28-42-48(49)41-18-9-10-21-45(41)55-50(42)33-14-5-2-6-15-33/h1-31H. The van der Waals surface area contributed by atoms with Crippen LogP contribution in [0.4, 0.5) is 0 Å². The lowest BCUT2D eigenvalue weighted by Gasteiger charge is -2.13. The average Bonchev–Trinajstić information content (AvgIpc) is 3.68. The first-order valence-electron chi connectivity index (χ1n) is 19.3. The fourth-order valence-electron chi connectivity index (χ4n) is 8.80. The maximum Gasteiger partial charge on any atom is 0.143 e. The van der Waals surface area contributed by atoms with Crippen LogP contribution in [-0.2, 0) is 0 Å². The number of para-hydroxylation sites is 2. The van der Waals surface area contributed by atoms with Crippen molar-refractivity contribution in [1.82, 2.24) is 15.0 Å². The molecule has 8 aromatic carbocycles. The Kier molecular flexibility index (Phi) is 6.89. The van der Waals surface area contributed by atoms with Crippen molar-refractivity contribution in [3.8, 4) is 44.9 Å². The zero-order valence-corrected chi connectivity index (χ0v) is 30.6. The predicted molar refractivity (Wildman–Crippen MR) is 236 cm³/mol. The van der Waals surface area contributed by atoms with Crippen molar-refractivity contribution in [2.24, 2.45) is 0 Å². The third-order valence-electron chi connectivity index (χ3n) is 11.5. The first-order valence-corrected chi connectivity index (χ1v) is 19.3. The summed E-state index contributed by atoms with van der Waals surface area (Å²) in [5, 5.41) is 9.97. The number of nitrogens with zero attached hydrogens (tertiary/aromatic N) is 3. The third kappa shape index (κ3) is 4.91. The van der Waals surface area contributed by atoms with Crippen molar-refractivity contribution in [3.63, 3.8) is 0 Å². The van der Waals surface area contributed by atoms with E-state index in [4.69, 9.17) is 19.4 Å². The number of aromatic nitrogens is 3. The Morgan fingerprint density at radius 2 is 0.930 bits per heavy atom. The normalized spacial score (nSPS) is 11.9. The van der Waals surface area contributed by atoms with Crippen LogP contribution in [-0.4, -0.2) is 15.0 Å². The summed E-state index contributed by atoms with van der Waals surface area (Å²) in [5.41, 5.74) is 12.7. The number of hydrogen-bond acceptors (Lipinski definition) is 4. The van der Waals surface area contributed by atoms with Crippen molar-refractivity contribution in [1.29, 1.82) is 0 Å². The lowest BCUT2D eigenvalue weighted by molar-refractivity contribution is 0.670. The summed E-state index contributed by atoms with van der Waals surface area (Å²) in [6.45, 7) is 0.